The van der Waals surface area contributed by atoms with Gasteiger partial charge in [-0.1, -0.05) is 11.6 Å². The summed E-state index contributed by atoms with van der Waals surface area (Å²) in [5.74, 6) is 0.0138. The van der Waals surface area contributed by atoms with Crippen LogP contribution in [0, 0.1) is 0 Å². The number of halogens is 1. The van der Waals surface area contributed by atoms with Crippen molar-refractivity contribution in [1.29, 1.82) is 0 Å². The Labute approximate surface area is 92.8 Å². The van der Waals surface area contributed by atoms with Gasteiger partial charge in [0.05, 0.1) is 24.2 Å². The third kappa shape index (κ3) is 2.61. The van der Waals surface area contributed by atoms with Gasteiger partial charge in [-0.2, -0.15) is 0 Å². The summed E-state index contributed by atoms with van der Waals surface area (Å²) in [4.78, 5) is 11.5. The molecule has 0 radical (unpaired) electrons. The minimum absolute atomic E-state index is 0.138. The summed E-state index contributed by atoms with van der Waals surface area (Å²) in [6.07, 6.45) is 0. The molecule has 0 amide bonds. The fourth-order valence-corrected chi connectivity index (χ4v) is 1.41. The number of ketones is 1. The van der Waals surface area contributed by atoms with Crippen molar-refractivity contribution in [2.24, 2.45) is 0 Å². The zero-order valence-corrected chi connectivity index (χ0v) is 9.26. The van der Waals surface area contributed by atoms with E-state index in [0.717, 1.165) is 0 Å². The lowest BCUT2D eigenvalue weighted by Gasteiger charge is -2.08. The number of carbonyl (C=O) groups excluding carboxylic acids is 1. The molecule has 4 nitrogen and oxygen atoms in total. The van der Waals surface area contributed by atoms with Gasteiger partial charge in [0.2, 0.25) is 0 Å². The molecular weight excluding hydrogens is 218 g/mol. The molecule has 0 unspecified atom stereocenters. The van der Waals surface area contributed by atoms with Crippen LogP contribution in [0.5, 0.6) is 11.5 Å². The molecule has 0 spiro atoms. The molecule has 0 fully saturated rings. The van der Waals surface area contributed by atoms with Crippen LogP contribution in [-0.4, -0.2) is 31.6 Å². The maximum absolute atomic E-state index is 11.5. The Hall–Kier alpha value is -1.26. The molecule has 0 aliphatic heterocycles. The van der Waals surface area contributed by atoms with Gasteiger partial charge in [0.25, 0.3) is 0 Å². The highest BCUT2D eigenvalue weighted by Gasteiger charge is 2.14. The van der Waals surface area contributed by atoms with Crippen molar-refractivity contribution in [3.8, 4) is 11.5 Å². The van der Waals surface area contributed by atoms with E-state index in [1.807, 2.05) is 0 Å². The molecule has 0 aromatic heterocycles. The third-order valence-electron chi connectivity index (χ3n) is 1.91. The molecular formula is C10H12ClNO3. The predicted octanol–water partition coefficient (Wildman–Crippen LogP) is 1.46. The SMILES string of the molecule is CNCC(=O)c1cc(OC)c(Cl)cc1O. The second kappa shape index (κ2) is 5.00. The summed E-state index contributed by atoms with van der Waals surface area (Å²) in [6, 6.07) is 2.72. The number of phenolic OH excluding ortho intramolecular Hbond substituents is 1. The van der Waals surface area contributed by atoms with E-state index in [1.54, 1.807) is 7.05 Å². The highest BCUT2D eigenvalue weighted by Crippen LogP contribution is 2.31. The lowest BCUT2D eigenvalue weighted by atomic mass is 10.1. The van der Waals surface area contributed by atoms with Gasteiger partial charge in [-0.3, -0.25) is 4.79 Å². The number of likely N-dealkylation sites (N-methyl/N-ethyl adjacent to an activating group) is 1. The number of phenols is 1. The van der Waals surface area contributed by atoms with Crippen molar-refractivity contribution in [3.05, 3.63) is 22.7 Å². The number of hydrogen-bond donors (Lipinski definition) is 2. The van der Waals surface area contributed by atoms with E-state index in [4.69, 9.17) is 16.3 Å². The Bertz CT molecular complexity index is 379. The van der Waals surface area contributed by atoms with Crippen LogP contribution in [0.1, 0.15) is 10.4 Å². The van der Waals surface area contributed by atoms with Gasteiger partial charge in [-0.25, -0.2) is 0 Å². The Kier molecular flexibility index (Phi) is 3.94. The van der Waals surface area contributed by atoms with Gasteiger partial charge in [0.15, 0.2) is 5.78 Å². The number of rotatable bonds is 4. The van der Waals surface area contributed by atoms with Crippen molar-refractivity contribution in [2.45, 2.75) is 0 Å². The van der Waals surface area contributed by atoms with Crippen LogP contribution in [0.4, 0.5) is 0 Å². The number of nitrogens with one attached hydrogen (secondary N) is 1. The van der Waals surface area contributed by atoms with Crippen LogP contribution in [0.25, 0.3) is 0 Å². The summed E-state index contributed by atoms with van der Waals surface area (Å²) in [6.45, 7) is 0.151. The summed E-state index contributed by atoms with van der Waals surface area (Å²) < 4.78 is 4.95. The first-order chi connectivity index (χ1) is 7.10. The number of carbonyl (C=O) groups is 1. The second-order valence-corrected chi connectivity index (χ2v) is 3.36. The minimum atomic E-state index is -0.218. The fraction of sp³-hybridized carbons (Fsp3) is 0.300. The number of aromatic hydroxyl groups is 1. The van der Waals surface area contributed by atoms with E-state index < -0.39 is 0 Å². The van der Waals surface area contributed by atoms with Gasteiger partial charge < -0.3 is 15.2 Å². The second-order valence-electron chi connectivity index (χ2n) is 2.96. The molecule has 0 atom stereocenters. The van der Waals surface area contributed by atoms with Crippen molar-refractivity contribution in [3.63, 3.8) is 0 Å². The molecule has 1 rings (SSSR count). The smallest absolute Gasteiger partial charge is 0.180 e. The summed E-state index contributed by atoms with van der Waals surface area (Å²) in [5, 5.41) is 12.5. The normalized spacial score (nSPS) is 10.1. The lowest BCUT2D eigenvalue weighted by molar-refractivity contribution is 0.0990. The van der Waals surface area contributed by atoms with Crippen LogP contribution < -0.4 is 10.1 Å². The number of methoxy groups -OCH3 is 1. The monoisotopic (exact) mass is 229 g/mol. The zero-order valence-electron chi connectivity index (χ0n) is 8.50. The largest absolute Gasteiger partial charge is 0.507 e. The molecule has 0 bridgehead atoms. The molecule has 0 heterocycles. The molecule has 1 aromatic carbocycles. The van der Waals surface area contributed by atoms with Crippen molar-refractivity contribution in [1.82, 2.24) is 5.32 Å². The maximum atomic E-state index is 11.5. The van der Waals surface area contributed by atoms with Crippen LogP contribution in [0.15, 0.2) is 12.1 Å². The van der Waals surface area contributed by atoms with E-state index in [-0.39, 0.29) is 28.7 Å². The van der Waals surface area contributed by atoms with Crippen LogP contribution in [0.3, 0.4) is 0 Å². The quantitative estimate of drug-likeness (QED) is 0.768. The van der Waals surface area contributed by atoms with E-state index in [0.29, 0.717) is 5.75 Å². The first kappa shape index (κ1) is 11.8. The number of ether oxygens (including phenoxy) is 1. The van der Waals surface area contributed by atoms with E-state index in [9.17, 15) is 9.90 Å². The summed E-state index contributed by atoms with van der Waals surface area (Å²) in [5.41, 5.74) is 0.200. The van der Waals surface area contributed by atoms with Gasteiger partial charge in [0.1, 0.15) is 11.5 Å². The Morgan fingerprint density at radius 3 is 2.80 bits per heavy atom. The molecule has 0 saturated heterocycles. The van der Waals surface area contributed by atoms with Gasteiger partial charge >= 0.3 is 0 Å². The molecule has 5 heteroatoms. The minimum Gasteiger partial charge on any atom is -0.507 e. The van der Waals surface area contributed by atoms with Gasteiger partial charge in [0, 0.05) is 6.07 Å². The lowest BCUT2D eigenvalue weighted by Crippen LogP contribution is -2.18. The third-order valence-corrected chi connectivity index (χ3v) is 2.20. The van der Waals surface area contributed by atoms with Crippen molar-refractivity contribution >= 4 is 17.4 Å². The van der Waals surface area contributed by atoms with E-state index in [2.05, 4.69) is 5.32 Å². The maximum Gasteiger partial charge on any atom is 0.180 e. The highest BCUT2D eigenvalue weighted by atomic mass is 35.5. The molecule has 0 aliphatic carbocycles. The number of hydrogen-bond acceptors (Lipinski definition) is 4. The molecule has 0 aliphatic rings. The van der Waals surface area contributed by atoms with Gasteiger partial charge in [-0.05, 0) is 13.1 Å². The Morgan fingerprint density at radius 2 is 2.27 bits per heavy atom. The standard InChI is InChI=1S/C10H12ClNO3/c1-12-5-9(14)6-3-10(15-2)7(11)4-8(6)13/h3-4,12-13H,5H2,1-2H3. The van der Waals surface area contributed by atoms with Crippen LogP contribution in [0.2, 0.25) is 5.02 Å². The fourth-order valence-electron chi connectivity index (χ4n) is 1.18. The Morgan fingerprint density at radius 1 is 1.60 bits per heavy atom. The van der Waals surface area contributed by atoms with Crippen LogP contribution in [-0.2, 0) is 0 Å². The highest BCUT2D eigenvalue weighted by molar-refractivity contribution is 6.32. The molecule has 15 heavy (non-hydrogen) atoms. The van der Waals surface area contributed by atoms with Gasteiger partial charge in [-0.15, -0.1) is 0 Å². The zero-order chi connectivity index (χ0) is 11.4. The van der Waals surface area contributed by atoms with Crippen molar-refractivity contribution in [2.75, 3.05) is 20.7 Å². The van der Waals surface area contributed by atoms with E-state index in [1.165, 1.54) is 19.2 Å². The predicted molar refractivity (Wildman–Crippen MR) is 57.9 cm³/mol. The summed E-state index contributed by atoms with van der Waals surface area (Å²) in [7, 11) is 3.10. The first-order valence-corrected chi connectivity index (χ1v) is 4.72. The topological polar surface area (TPSA) is 58.6 Å². The number of benzene rings is 1. The average molecular weight is 230 g/mol. The number of Topliss-reactive ketones (excluding diaryl/α,β-unsaturated/α-hetero) is 1. The average Bonchev–Trinajstić information content (AvgIpc) is 2.18. The molecule has 1 aromatic rings. The molecule has 2 N–H and O–H groups in total. The summed E-state index contributed by atoms with van der Waals surface area (Å²) >= 11 is 5.77. The molecule has 82 valence electrons. The first-order valence-electron chi connectivity index (χ1n) is 4.34. The molecule has 0 saturated carbocycles. The van der Waals surface area contributed by atoms with E-state index >= 15 is 0 Å². The van der Waals surface area contributed by atoms with Crippen LogP contribution >= 0.6 is 11.6 Å². The Balaban J connectivity index is 3.12. The van der Waals surface area contributed by atoms with Crippen molar-refractivity contribution < 1.29 is 14.6 Å².